The Morgan fingerprint density at radius 1 is 1.16 bits per heavy atom. The Hall–Kier alpha value is -3.94. The number of amides is 1. The lowest BCUT2D eigenvalue weighted by atomic mass is 10.1. The number of benzene rings is 2. The molecule has 0 atom stereocenters. The van der Waals surface area contributed by atoms with E-state index >= 15 is 0 Å². The van der Waals surface area contributed by atoms with Crippen molar-refractivity contribution in [3.8, 4) is 0 Å². The molecule has 3 aromatic rings. The first-order chi connectivity index (χ1) is 14.9. The van der Waals surface area contributed by atoms with Crippen LogP contribution in [0, 0.1) is 20.2 Å². The number of nitrogens with zero attached hydrogens (tertiary/aromatic N) is 4. The van der Waals surface area contributed by atoms with Crippen molar-refractivity contribution < 1.29 is 27.8 Å². The molecule has 0 unspecified atom stereocenters. The van der Waals surface area contributed by atoms with Crippen molar-refractivity contribution in [3.05, 3.63) is 78.1 Å². The van der Waals surface area contributed by atoms with Crippen LogP contribution in [0.15, 0.2) is 41.2 Å². The van der Waals surface area contributed by atoms with E-state index in [4.69, 9.17) is 0 Å². The van der Waals surface area contributed by atoms with Gasteiger partial charge in [0.1, 0.15) is 4.70 Å². The van der Waals surface area contributed by atoms with Gasteiger partial charge in [-0.3, -0.25) is 34.7 Å². The Morgan fingerprint density at radius 3 is 2.41 bits per heavy atom. The van der Waals surface area contributed by atoms with Gasteiger partial charge in [-0.25, -0.2) is 0 Å². The van der Waals surface area contributed by atoms with E-state index in [1.807, 2.05) is 0 Å². The van der Waals surface area contributed by atoms with Gasteiger partial charge in [-0.1, -0.05) is 17.4 Å². The van der Waals surface area contributed by atoms with Crippen LogP contribution in [0.2, 0.25) is 0 Å². The van der Waals surface area contributed by atoms with Crippen molar-refractivity contribution in [2.24, 2.45) is 0 Å². The van der Waals surface area contributed by atoms with Gasteiger partial charge in [-0.05, 0) is 19.1 Å². The number of halogens is 3. The molecule has 0 spiro atoms. The van der Waals surface area contributed by atoms with E-state index in [-0.39, 0.29) is 27.6 Å². The number of carbonyl (C=O) groups is 1. The normalized spacial score (nSPS) is 11.4. The fourth-order valence-corrected chi connectivity index (χ4v) is 3.96. The minimum Gasteiger partial charge on any atom is -0.284 e. The van der Waals surface area contributed by atoms with E-state index in [0.717, 1.165) is 11.0 Å². The topological polar surface area (TPSA) is 137 Å². The first kappa shape index (κ1) is 22.7. The number of rotatable bonds is 5. The highest BCUT2D eigenvalue weighted by Crippen LogP contribution is 2.38. The molecule has 1 aromatic heterocycles. The maximum Gasteiger partial charge on any atom is 0.416 e. The number of aromatic nitrogens is 1. The van der Waals surface area contributed by atoms with Crippen LogP contribution in [0.5, 0.6) is 0 Å². The lowest BCUT2D eigenvalue weighted by molar-refractivity contribution is -0.384. The molecule has 0 fully saturated rings. The van der Waals surface area contributed by atoms with Crippen molar-refractivity contribution in [1.82, 2.24) is 4.98 Å². The minimum atomic E-state index is -4.93. The second kappa shape index (κ2) is 8.30. The first-order valence-electron chi connectivity index (χ1n) is 8.70. The summed E-state index contributed by atoms with van der Waals surface area (Å²) in [7, 11) is 0. The third-order valence-electron chi connectivity index (χ3n) is 4.31. The third kappa shape index (κ3) is 4.25. The van der Waals surface area contributed by atoms with Crippen LogP contribution in [-0.2, 0) is 6.18 Å². The van der Waals surface area contributed by atoms with Gasteiger partial charge in [-0.2, -0.15) is 18.2 Å². The molecule has 166 valence electrons. The zero-order chi connectivity index (χ0) is 23.8. The number of carbonyl (C=O) groups excluding carboxylic acids is 1. The van der Waals surface area contributed by atoms with Gasteiger partial charge in [-0.15, -0.1) is 0 Å². The molecule has 2 aromatic carbocycles. The standard InChI is InChI=1S/C18H11F3N4O6S/c1-2-23(16(27)9-4-3-5-11(6-9)24(28)29)17-22-15(26)12-7-10(18(19,20)21)8-13(25(30)31)14(12)32-17/h3-8H,2H2,1H3. The number of anilines is 1. The first-order valence-corrected chi connectivity index (χ1v) is 9.52. The lowest BCUT2D eigenvalue weighted by Crippen LogP contribution is -2.32. The van der Waals surface area contributed by atoms with Gasteiger partial charge >= 0.3 is 6.18 Å². The predicted molar refractivity (Wildman–Crippen MR) is 108 cm³/mol. The Balaban J connectivity index is 2.19. The monoisotopic (exact) mass is 468 g/mol. The van der Waals surface area contributed by atoms with Crippen LogP contribution in [0.1, 0.15) is 22.8 Å². The SMILES string of the molecule is CCN(C(=O)c1cccc([N+](=O)[O-])c1)c1nc(=O)c2cc(C(F)(F)F)cc([N+](=O)[O-])c2s1. The Bertz CT molecular complexity index is 1320. The maximum absolute atomic E-state index is 13.1. The molecule has 3 rings (SSSR count). The predicted octanol–water partition coefficient (Wildman–Crippen LogP) is 4.16. The molecule has 1 heterocycles. The fourth-order valence-electron chi connectivity index (χ4n) is 2.83. The molecule has 1 amide bonds. The molecule has 32 heavy (non-hydrogen) atoms. The summed E-state index contributed by atoms with van der Waals surface area (Å²) in [6, 6.07) is 5.52. The molecule has 0 saturated carbocycles. The second-order valence-corrected chi connectivity index (χ2v) is 7.26. The van der Waals surface area contributed by atoms with E-state index in [9.17, 15) is 43.0 Å². The number of alkyl halides is 3. The molecule has 0 radical (unpaired) electrons. The van der Waals surface area contributed by atoms with Gasteiger partial charge in [0.2, 0.25) is 0 Å². The van der Waals surface area contributed by atoms with Crippen LogP contribution in [0.25, 0.3) is 10.1 Å². The molecule has 0 aliphatic heterocycles. The second-order valence-electron chi connectivity index (χ2n) is 6.29. The van der Waals surface area contributed by atoms with Crippen molar-refractivity contribution in [2.75, 3.05) is 11.4 Å². The van der Waals surface area contributed by atoms with Crippen LogP contribution in [0.4, 0.5) is 29.7 Å². The Morgan fingerprint density at radius 2 is 1.84 bits per heavy atom. The largest absolute Gasteiger partial charge is 0.416 e. The van der Waals surface area contributed by atoms with E-state index in [2.05, 4.69) is 4.98 Å². The molecule has 0 saturated heterocycles. The van der Waals surface area contributed by atoms with Gasteiger partial charge in [0.05, 0.1) is 20.8 Å². The molecular weight excluding hydrogens is 457 g/mol. The summed E-state index contributed by atoms with van der Waals surface area (Å²) in [5.41, 5.74) is -3.99. The van der Waals surface area contributed by atoms with Gasteiger partial charge in [0.15, 0.2) is 5.13 Å². The number of hydrogen-bond acceptors (Lipinski definition) is 8. The molecule has 10 nitrogen and oxygen atoms in total. The average molecular weight is 468 g/mol. The van der Waals surface area contributed by atoms with Crippen molar-refractivity contribution >= 4 is 43.8 Å². The van der Waals surface area contributed by atoms with E-state index < -0.39 is 44.1 Å². The van der Waals surface area contributed by atoms with Crippen LogP contribution in [0.3, 0.4) is 0 Å². The van der Waals surface area contributed by atoms with E-state index in [1.165, 1.54) is 25.1 Å². The van der Waals surface area contributed by atoms with E-state index in [0.29, 0.717) is 23.5 Å². The summed E-state index contributed by atoms with van der Waals surface area (Å²) in [6.07, 6.45) is -4.93. The number of hydrogen-bond donors (Lipinski definition) is 0. The van der Waals surface area contributed by atoms with Gasteiger partial charge < -0.3 is 0 Å². The van der Waals surface area contributed by atoms with Crippen LogP contribution < -0.4 is 10.5 Å². The average Bonchev–Trinajstić information content (AvgIpc) is 2.72. The number of fused-ring (bicyclic) bond motifs is 1. The van der Waals surface area contributed by atoms with Crippen molar-refractivity contribution in [1.29, 1.82) is 0 Å². The van der Waals surface area contributed by atoms with Gasteiger partial charge in [0, 0.05) is 30.3 Å². The highest BCUT2D eigenvalue weighted by molar-refractivity contribution is 7.22. The molecule has 0 aliphatic rings. The van der Waals surface area contributed by atoms with Crippen LogP contribution >= 0.6 is 11.3 Å². The maximum atomic E-state index is 13.1. The summed E-state index contributed by atoms with van der Waals surface area (Å²) in [5, 5.41) is 21.4. The number of non-ortho nitro benzene ring substituents is 2. The number of nitro benzene ring substituents is 2. The third-order valence-corrected chi connectivity index (χ3v) is 5.44. The molecule has 0 bridgehead atoms. The highest BCUT2D eigenvalue weighted by atomic mass is 32.1. The zero-order valence-electron chi connectivity index (χ0n) is 16.0. The molecular formula is C18H11F3N4O6S. The summed E-state index contributed by atoms with van der Waals surface area (Å²) in [4.78, 5) is 50.5. The van der Waals surface area contributed by atoms with E-state index in [1.54, 1.807) is 0 Å². The summed E-state index contributed by atoms with van der Waals surface area (Å²) < 4.78 is 38.9. The highest BCUT2D eigenvalue weighted by Gasteiger charge is 2.34. The molecule has 14 heteroatoms. The van der Waals surface area contributed by atoms with Crippen LogP contribution in [-0.4, -0.2) is 27.3 Å². The zero-order valence-corrected chi connectivity index (χ0v) is 16.8. The molecule has 0 N–H and O–H groups in total. The number of nitro groups is 2. The van der Waals surface area contributed by atoms with Gasteiger partial charge in [0.25, 0.3) is 22.8 Å². The minimum absolute atomic E-state index is 0.0790. The summed E-state index contributed by atoms with van der Waals surface area (Å²) in [6.45, 7) is 1.42. The quantitative estimate of drug-likeness (QED) is 0.405. The lowest BCUT2D eigenvalue weighted by Gasteiger charge is -2.19. The van der Waals surface area contributed by atoms with Crippen molar-refractivity contribution in [3.63, 3.8) is 0 Å². The summed E-state index contributed by atoms with van der Waals surface area (Å²) >= 11 is 0.493. The Labute approximate surface area is 179 Å². The summed E-state index contributed by atoms with van der Waals surface area (Å²) in [5.74, 6) is -0.784. The Kier molecular flexibility index (Phi) is 5.90. The smallest absolute Gasteiger partial charge is 0.284 e. The fraction of sp³-hybridized carbons (Fsp3) is 0.167. The van der Waals surface area contributed by atoms with Crippen molar-refractivity contribution in [2.45, 2.75) is 13.1 Å². The molecule has 0 aliphatic carbocycles.